The van der Waals surface area contributed by atoms with Crippen molar-refractivity contribution in [2.75, 3.05) is 0 Å². The van der Waals surface area contributed by atoms with Crippen LogP contribution in [-0.4, -0.2) is 12.0 Å². The van der Waals surface area contributed by atoms with Crippen molar-refractivity contribution in [3.05, 3.63) is 65.7 Å². The summed E-state index contributed by atoms with van der Waals surface area (Å²) in [5.74, 6) is 0.673. The Morgan fingerprint density at radius 3 is 2.48 bits per heavy atom. The van der Waals surface area contributed by atoms with E-state index in [0.717, 1.165) is 23.3 Å². The summed E-state index contributed by atoms with van der Waals surface area (Å²) in [5.41, 5.74) is 2.19. The highest BCUT2D eigenvalue weighted by Crippen LogP contribution is 2.19. The summed E-state index contributed by atoms with van der Waals surface area (Å²) < 4.78 is 5.77. The summed E-state index contributed by atoms with van der Waals surface area (Å²) in [6.07, 6.45) is 0.371. The van der Waals surface area contributed by atoms with Gasteiger partial charge in [-0.15, -0.1) is 0 Å². The van der Waals surface area contributed by atoms with Gasteiger partial charge in [-0.05, 0) is 30.5 Å². The molecule has 0 aliphatic carbocycles. The Kier molecular flexibility index (Phi) is 5.38. The summed E-state index contributed by atoms with van der Waals surface area (Å²) in [6, 6.07) is 17.7. The summed E-state index contributed by atoms with van der Waals surface area (Å²) in [7, 11) is 0. The van der Waals surface area contributed by atoms with Gasteiger partial charge in [0.05, 0.1) is 0 Å². The zero-order valence-electron chi connectivity index (χ0n) is 12.5. The van der Waals surface area contributed by atoms with Crippen LogP contribution < -0.4 is 10.1 Å². The molecule has 1 N–H and O–H groups in total. The molecule has 0 aromatic heterocycles. The number of para-hydroxylation sites is 1. The van der Waals surface area contributed by atoms with Gasteiger partial charge in [-0.25, -0.2) is 0 Å². The lowest BCUT2D eigenvalue weighted by molar-refractivity contribution is -0.127. The largest absolute Gasteiger partial charge is 0.481 e. The number of nitrogens with one attached hydrogen (secondary N) is 1. The summed E-state index contributed by atoms with van der Waals surface area (Å²) in [4.78, 5) is 12.1. The molecule has 2 aromatic rings. The topological polar surface area (TPSA) is 38.3 Å². The van der Waals surface area contributed by atoms with Gasteiger partial charge in [0.2, 0.25) is 0 Å². The van der Waals surface area contributed by atoms with Gasteiger partial charge in [0.25, 0.3) is 5.91 Å². The molecule has 0 radical (unpaired) electrons. The van der Waals surface area contributed by atoms with E-state index in [2.05, 4.69) is 12.2 Å². The number of benzene rings is 2. The molecule has 3 nitrogen and oxygen atoms in total. The number of ether oxygens (including phenoxy) is 1. The van der Waals surface area contributed by atoms with Gasteiger partial charge >= 0.3 is 0 Å². The van der Waals surface area contributed by atoms with Crippen LogP contribution >= 0.6 is 0 Å². The highest BCUT2D eigenvalue weighted by Gasteiger charge is 2.15. The molecule has 0 fully saturated rings. The lowest BCUT2D eigenvalue weighted by Gasteiger charge is -2.16. The zero-order valence-corrected chi connectivity index (χ0v) is 12.5. The number of hydrogen-bond donors (Lipinski definition) is 1. The van der Waals surface area contributed by atoms with Crippen LogP contribution in [0.5, 0.6) is 5.75 Å². The Morgan fingerprint density at radius 2 is 1.76 bits per heavy atom. The first-order valence-corrected chi connectivity index (χ1v) is 7.27. The normalized spacial score (nSPS) is 11.7. The fraction of sp³-hybridized carbons (Fsp3) is 0.278. The molecule has 3 heteroatoms. The second-order valence-corrected chi connectivity index (χ2v) is 4.92. The second-order valence-electron chi connectivity index (χ2n) is 4.92. The predicted molar refractivity (Wildman–Crippen MR) is 84.2 cm³/mol. The summed E-state index contributed by atoms with van der Waals surface area (Å²) in [5, 5.41) is 2.89. The van der Waals surface area contributed by atoms with Gasteiger partial charge < -0.3 is 10.1 Å². The van der Waals surface area contributed by atoms with E-state index < -0.39 is 6.10 Å². The monoisotopic (exact) mass is 283 g/mol. The number of carbonyl (C=O) groups excluding carboxylic acids is 1. The first kappa shape index (κ1) is 15.1. The number of aryl methyl sites for hydroxylation is 1. The standard InChI is InChI=1S/C18H21NO2/c1-3-16-11-7-8-12-17(16)21-14(2)18(20)19-13-15-9-5-4-6-10-15/h4-12,14H,3,13H2,1-2H3,(H,19,20)/t14-/m1/s1. The van der Waals surface area contributed by atoms with Gasteiger partial charge in [0, 0.05) is 6.54 Å². The summed E-state index contributed by atoms with van der Waals surface area (Å²) >= 11 is 0. The van der Waals surface area contributed by atoms with E-state index in [-0.39, 0.29) is 5.91 Å². The van der Waals surface area contributed by atoms with Crippen molar-refractivity contribution in [2.45, 2.75) is 32.9 Å². The van der Waals surface area contributed by atoms with Crippen molar-refractivity contribution in [3.8, 4) is 5.75 Å². The Bertz CT molecular complexity index is 581. The van der Waals surface area contributed by atoms with Gasteiger partial charge in [-0.2, -0.15) is 0 Å². The van der Waals surface area contributed by atoms with Crippen LogP contribution in [0.25, 0.3) is 0 Å². The molecule has 0 saturated carbocycles. The van der Waals surface area contributed by atoms with E-state index in [1.165, 1.54) is 0 Å². The molecule has 1 amide bonds. The van der Waals surface area contributed by atoms with Crippen molar-refractivity contribution in [1.29, 1.82) is 0 Å². The first-order valence-electron chi connectivity index (χ1n) is 7.27. The highest BCUT2D eigenvalue weighted by atomic mass is 16.5. The van der Waals surface area contributed by atoms with E-state index in [9.17, 15) is 4.79 Å². The third kappa shape index (κ3) is 4.35. The fourth-order valence-electron chi connectivity index (χ4n) is 2.08. The number of carbonyl (C=O) groups is 1. The molecule has 1 atom stereocenters. The number of hydrogen-bond acceptors (Lipinski definition) is 2. The van der Waals surface area contributed by atoms with Crippen LogP contribution in [0.4, 0.5) is 0 Å². The molecule has 21 heavy (non-hydrogen) atoms. The van der Waals surface area contributed by atoms with Crippen LogP contribution in [0.15, 0.2) is 54.6 Å². The minimum absolute atomic E-state index is 0.107. The van der Waals surface area contributed by atoms with E-state index in [4.69, 9.17) is 4.74 Å². The smallest absolute Gasteiger partial charge is 0.261 e. The zero-order chi connectivity index (χ0) is 15.1. The molecule has 2 rings (SSSR count). The maximum atomic E-state index is 12.1. The fourth-order valence-corrected chi connectivity index (χ4v) is 2.08. The molecular formula is C18H21NO2. The van der Waals surface area contributed by atoms with Gasteiger partial charge in [0.15, 0.2) is 6.10 Å². The van der Waals surface area contributed by atoms with Crippen LogP contribution in [-0.2, 0) is 17.8 Å². The van der Waals surface area contributed by atoms with Crippen molar-refractivity contribution < 1.29 is 9.53 Å². The average Bonchev–Trinajstić information content (AvgIpc) is 2.54. The van der Waals surface area contributed by atoms with E-state index in [0.29, 0.717) is 6.54 Å². The maximum absolute atomic E-state index is 12.1. The minimum atomic E-state index is -0.513. The number of amides is 1. The molecular weight excluding hydrogens is 262 g/mol. The van der Waals surface area contributed by atoms with Crippen molar-refractivity contribution >= 4 is 5.91 Å². The SMILES string of the molecule is CCc1ccccc1O[C@H](C)C(=O)NCc1ccccc1. The first-order chi connectivity index (χ1) is 10.2. The van der Waals surface area contributed by atoms with E-state index in [1.807, 2.05) is 54.6 Å². The minimum Gasteiger partial charge on any atom is -0.481 e. The van der Waals surface area contributed by atoms with Crippen molar-refractivity contribution in [3.63, 3.8) is 0 Å². The lowest BCUT2D eigenvalue weighted by Crippen LogP contribution is -2.36. The molecule has 0 aliphatic heterocycles. The molecule has 0 spiro atoms. The van der Waals surface area contributed by atoms with Crippen LogP contribution in [0.1, 0.15) is 25.0 Å². The molecule has 0 bridgehead atoms. The average molecular weight is 283 g/mol. The molecule has 0 heterocycles. The Labute approximate surface area is 126 Å². The lowest BCUT2D eigenvalue weighted by atomic mass is 10.1. The van der Waals surface area contributed by atoms with Crippen LogP contribution in [0, 0.1) is 0 Å². The van der Waals surface area contributed by atoms with Gasteiger partial charge in [-0.1, -0.05) is 55.5 Å². The Balaban J connectivity index is 1.90. The van der Waals surface area contributed by atoms with Crippen molar-refractivity contribution in [1.82, 2.24) is 5.32 Å². The predicted octanol–water partition coefficient (Wildman–Crippen LogP) is 3.33. The number of rotatable bonds is 6. The van der Waals surface area contributed by atoms with E-state index >= 15 is 0 Å². The quantitative estimate of drug-likeness (QED) is 0.883. The molecule has 110 valence electrons. The Hall–Kier alpha value is -2.29. The Morgan fingerprint density at radius 1 is 1.10 bits per heavy atom. The summed E-state index contributed by atoms with van der Waals surface area (Å²) in [6.45, 7) is 4.36. The molecule has 0 unspecified atom stereocenters. The van der Waals surface area contributed by atoms with Crippen LogP contribution in [0.3, 0.4) is 0 Å². The molecule has 0 aliphatic rings. The third-order valence-corrected chi connectivity index (χ3v) is 3.34. The van der Waals surface area contributed by atoms with Crippen LogP contribution in [0.2, 0.25) is 0 Å². The second kappa shape index (κ2) is 7.48. The third-order valence-electron chi connectivity index (χ3n) is 3.34. The van der Waals surface area contributed by atoms with E-state index in [1.54, 1.807) is 6.92 Å². The van der Waals surface area contributed by atoms with Crippen molar-refractivity contribution in [2.24, 2.45) is 0 Å². The van der Waals surface area contributed by atoms with Gasteiger partial charge in [0.1, 0.15) is 5.75 Å². The molecule has 2 aromatic carbocycles. The highest BCUT2D eigenvalue weighted by molar-refractivity contribution is 5.80. The van der Waals surface area contributed by atoms with Gasteiger partial charge in [-0.3, -0.25) is 4.79 Å². The molecule has 0 saturated heterocycles. The maximum Gasteiger partial charge on any atom is 0.261 e.